The van der Waals surface area contributed by atoms with Gasteiger partial charge in [-0.2, -0.15) is 0 Å². The number of carboxylic acids is 1. The molecule has 0 radical (unpaired) electrons. The van der Waals surface area contributed by atoms with Crippen molar-refractivity contribution in [2.75, 3.05) is 0 Å². The Morgan fingerprint density at radius 3 is 2.44 bits per heavy atom. The third-order valence-electron chi connectivity index (χ3n) is 6.14. The van der Waals surface area contributed by atoms with Crippen molar-refractivity contribution in [2.45, 2.75) is 72.5 Å². The van der Waals surface area contributed by atoms with Gasteiger partial charge in [0.05, 0.1) is 17.3 Å². The van der Waals surface area contributed by atoms with Gasteiger partial charge in [0.25, 0.3) is 0 Å². The van der Waals surface area contributed by atoms with Crippen molar-refractivity contribution >= 4 is 17.9 Å². The molecule has 0 spiro atoms. The zero-order valence-electron chi connectivity index (χ0n) is 15.8. The highest BCUT2D eigenvalue weighted by Crippen LogP contribution is 2.55. The van der Waals surface area contributed by atoms with Crippen molar-refractivity contribution in [1.82, 2.24) is 0 Å². The third kappa shape index (κ3) is 3.82. The van der Waals surface area contributed by atoms with Crippen LogP contribution in [0.25, 0.3) is 0 Å². The summed E-state index contributed by atoms with van der Waals surface area (Å²) in [6.45, 7) is 9.15. The fraction of sp³-hybridized carbons (Fsp3) is 0.842. The lowest BCUT2D eigenvalue weighted by Gasteiger charge is -2.26. The van der Waals surface area contributed by atoms with Crippen molar-refractivity contribution < 1.29 is 29.0 Å². The van der Waals surface area contributed by atoms with Gasteiger partial charge in [0.15, 0.2) is 0 Å². The molecule has 2 saturated carbocycles. The van der Waals surface area contributed by atoms with Crippen molar-refractivity contribution in [2.24, 2.45) is 29.1 Å². The number of carboxylic acid groups (broad SMARTS) is 1. The van der Waals surface area contributed by atoms with Crippen molar-refractivity contribution in [3.05, 3.63) is 0 Å². The van der Waals surface area contributed by atoms with Crippen LogP contribution in [0.3, 0.4) is 0 Å². The number of carbonyl (C=O) groups is 3. The average Bonchev–Trinajstić information content (AvgIpc) is 3.19. The van der Waals surface area contributed by atoms with Crippen LogP contribution < -0.4 is 0 Å². The minimum atomic E-state index is -0.722. The van der Waals surface area contributed by atoms with Crippen molar-refractivity contribution in [3.8, 4) is 0 Å². The Morgan fingerprint density at radius 1 is 1.32 bits per heavy atom. The predicted molar refractivity (Wildman–Crippen MR) is 90.6 cm³/mol. The molecule has 0 aromatic carbocycles. The standard InChI is InChI=1S/C13H18O4.C6H12O2/c1-3-6(2)12(14)16-10-7-4-8-9(5-7)13(15)17-11(8)10;1-4-6(2,3)5(7)8/h6-11H,3-5H2,1-2H3;4H2,1-3H3,(H,7,8). The first-order chi connectivity index (χ1) is 11.6. The molecule has 6 unspecified atom stereocenters. The molecule has 6 heteroatoms. The first-order valence-corrected chi connectivity index (χ1v) is 9.26. The molecule has 3 aliphatic rings. The van der Waals surface area contributed by atoms with Crippen molar-refractivity contribution in [1.29, 1.82) is 0 Å². The highest BCUT2D eigenvalue weighted by molar-refractivity contribution is 5.77. The molecule has 142 valence electrons. The van der Waals surface area contributed by atoms with Crippen LogP contribution in [-0.4, -0.2) is 35.2 Å². The third-order valence-corrected chi connectivity index (χ3v) is 6.14. The van der Waals surface area contributed by atoms with Gasteiger partial charge in [0, 0.05) is 11.8 Å². The zero-order valence-corrected chi connectivity index (χ0v) is 15.8. The second-order valence-electron chi connectivity index (χ2n) is 8.16. The van der Waals surface area contributed by atoms with Crippen molar-refractivity contribution in [3.63, 3.8) is 0 Å². The summed E-state index contributed by atoms with van der Waals surface area (Å²) in [4.78, 5) is 33.6. The maximum atomic E-state index is 11.8. The summed E-state index contributed by atoms with van der Waals surface area (Å²) in [6, 6.07) is 0. The van der Waals surface area contributed by atoms with E-state index in [1.165, 1.54) is 0 Å². The van der Waals surface area contributed by atoms with Crippen LogP contribution in [0.4, 0.5) is 0 Å². The van der Waals surface area contributed by atoms with Gasteiger partial charge in [0.1, 0.15) is 12.2 Å². The maximum Gasteiger partial charge on any atom is 0.309 e. The molecule has 0 aromatic heterocycles. The lowest BCUT2D eigenvalue weighted by molar-refractivity contribution is -0.165. The van der Waals surface area contributed by atoms with E-state index in [9.17, 15) is 14.4 Å². The van der Waals surface area contributed by atoms with Gasteiger partial charge >= 0.3 is 17.9 Å². The number of rotatable bonds is 5. The molecule has 3 rings (SSSR count). The van der Waals surface area contributed by atoms with E-state index in [-0.39, 0.29) is 36.0 Å². The van der Waals surface area contributed by atoms with E-state index in [1.807, 2.05) is 20.8 Å². The largest absolute Gasteiger partial charge is 0.481 e. The molecule has 1 aliphatic heterocycles. The number of hydrogen-bond acceptors (Lipinski definition) is 5. The van der Waals surface area contributed by atoms with Crippen LogP contribution in [0.15, 0.2) is 0 Å². The quantitative estimate of drug-likeness (QED) is 0.763. The summed E-state index contributed by atoms with van der Waals surface area (Å²) in [7, 11) is 0. The average molecular weight is 354 g/mol. The van der Waals surface area contributed by atoms with E-state index >= 15 is 0 Å². The summed E-state index contributed by atoms with van der Waals surface area (Å²) in [5.41, 5.74) is -0.542. The van der Waals surface area contributed by atoms with Crippen LogP contribution in [0.2, 0.25) is 0 Å². The van der Waals surface area contributed by atoms with Gasteiger partial charge < -0.3 is 14.6 Å². The molecule has 6 nitrogen and oxygen atoms in total. The normalized spacial score (nSPS) is 33.3. The molecule has 3 fully saturated rings. The molecule has 2 aliphatic carbocycles. The molecular formula is C19H30O6. The van der Waals surface area contributed by atoms with E-state index in [4.69, 9.17) is 14.6 Å². The number of aliphatic carboxylic acids is 1. The summed E-state index contributed by atoms with van der Waals surface area (Å²) in [5.74, 6) is -0.281. The van der Waals surface area contributed by atoms with E-state index in [0.717, 1.165) is 19.3 Å². The SMILES string of the molecule is CCC(C)(C)C(=O)O.CCC(C)C(=O)OC1C2CC3C(=O)OC1C3C2. The topological polar surface area (TPSA) is 89.9 Å². The minimum absolute atomic E-state index is 0.0676. The molecule has 0 aromatic rings. The van der Waals surface area contributed by atoms with Gasteiger partial charge in [0.2, 0.25) is 0 Å². The summed E-state index contributed by atoms with van der Waals surface area (Å²) < 4.78 is 10.9. The van der Waals surface area contributed by atoms with E-state index in [0.29, 0.717) is 18.3 Å². The summed E-state index contributed by atoms with van der Waals surface area (Å²) >= 11 is 0. The van der Waals surface area contributed by atoms with Crippen LogP contribution >= 0.6 is 0 Å². The smallest absolute Gasteiger partial charge is 0.309 e. The highest BCUT2D eigenvalue weighted by atomic mass is 16.6. The van der Waals surface area contributed by atoms with Crippen LogP contribution in [0.5, 0.6) is 0 Å². The Morgan fingerprint density at radius 2 is 1.96 bits per heavy atom. The van der Waals surface area contributed by atoms with E-state index in [1.54, 1.807) is 13.8 Å². The van der Waals surface area contributed by atoms with Crippen LogP contribution in [-0.2, 0) is 23.9 Å². The fourth-order valence-corrected chi connectivity index (χ4v) is 3.63. The summed E-state index contributed by atoms with van der Waals surface area (Å²) in [6.07, 6.45) is 2.97. The summed E-state index contributed by atoms with van der Waals surface area (Å²) in [5, 5.41) is 8.44. The zero-order chi connectivity index (χ0) is 18.9. The Bertz CT molecular complexity index is 540. The first-order valence-electron chi connectivity index (χ1n) is 9.26. The number of ether oxygens (including phenoxy) is 2. The molecule has 25 heavy (non-hydrogen) atoms. The molecule has 0 amide bonds. The fourth-order valence-electron chi connectivity index (χ4n) is 3.63. The van der Waals surface area contributed by atoms with Crippen LogP contribution in [0, 0.1) is 29.1 Å². The van der Waals surface area contributed by atoms with Gasteiger partial charge in [-0.1, -0.05) is 20.8 Å². The molecule has 1 N–H and O–H groups in total. The van der Waals surface area contributed by atoms with E-state index in [2.05, 4.69) is 0 Å². The Hall–Kier alpha value is -1.59. The Labute approximate surface area is 149 Å². The van der Waals surface area contributed by atoms with Gasteiger partial charge in [-0.25, -0.2) is 0 Å². The Kier molecular flexibility index (Phi) is 5.79. The lowest BCUT2D eigenvalue weighted by atomic mass is 9.88. The maximum absolute atomic E-state index is 11.8. The number of carbonyl (C=O) groups excluding carboxylic acids is 2. The van der Waals surface area contributed by atoms with E-state index < -0.39 is 11.4 Å². The molecule has 1 saturated heterocycles. The molecule has 1 heterocycles. The van der Waals surface area contributed by atoms with Gasteiger partial charge in [-0.3, -0.25) is 14.4 Å². The van der Waals surface area contributed by atoms with Crippen LogP contribution in [0.1, 0.15) is 60.3 Å². The lowest BCUT2D eigenvalue weighted by Crippen LogP contribution is -2.37. The highest BCUT2D eigenvalue weighted by Gasteiger charge is 2.63. The first kappa shape index (κ1) is 19.7. The Balaban J connectivity index is 0.000000242. The number of hydrogen-bond donors (Lipinski definition) is 1. The molecular weight excluding hydrogens is 324 g/mol. The second-order valence-corrected chi connectivity index (χ2v) is 8.16. The number of esters is 2. The molecule has 6 atom stereocenters. The minimum Gasteiger partial charge on any atom is -0.481 e. The predicted octanol–water partition coefficient (Wildman–Crippen LogP) is 3.03. The molecule has 2 bridgehead atoms. The van der Waals surface area contributed by atoms with Gasteiger partial charge in [-0.05, 0) is 39.5 Å². The monoisotopic (exact) mass is 354 g/mol. The van der Waals surface area contributed by atoms with Gasteiger partial charge in [-0.15, -0.1) is 0 Å². The second kappa shape index (κ2) is 7.34. The number of fused-ring (bicyclic) bond motifs is 1.